The monoisotopic (exact) mass is 273 g/mol. The lowest BCUT2D eigenvalue weighted by molar-refractivity contribution is 0.0686. The molecule has 0 saturated heterocycles. The molecule has 0 bridgehead atoms. The molecule has 0 aliphatic carbocycles. The fourth-order valence-electron chi connectivity index (χ4n) is 1.77. The molecule has 3 N–H and O–H groups in total. The van der Waals surface area contributed by atoms with Crippen molar-refractivity contribution < 1.29 is 14.7 Å². The van der Waals surface area contributed by atoms with Crippen molar-refractivity contribution in [3.8, 4) is 0 Å². The number of anilines is 1. The van der Waals surface area contributed by atoms with Gasteiger partial charge in [0.05, 0.1) is 6.33 Å². The Labute approximate surface area is 115 Å². The average molecular weight is 273 g/mol. The quantitative estimate of drug-likeness (QED) is 0.797. The first kappa shape index (κ1) is 13.8. The van der Waals surface area contributed by atoms with E-state index in [2.05, 4.69) is 29.1 Å². The van der Waals surface area contributed by atoms with Crippen LogP contribution in [0.5, 0.6) is 0 Å². The number of H-pyrrole nitrogens is 1. The molecule has 6 heteroatoms. The summed E-state index contributed by atoms with van der Waals surface area (Å²) in [4.78, 5) is 29.0. The standard InChI is InChI=1S/C14H15N3O3/c1-8(2)9-3-5-10(6-4-9)17-13(18)11-12(14(19)20)16-7-15-11/h3-8H,1-2H3,(H,15,16)(H,17,18)(H,19,20). The Morgan fingerprint density at radius 1 is 1.25 bits per heavy atom. The highest BCUT2D eigenvalue weighted by atomic mass is 16.4. The normalized spacial score (nSPS) is 10.6. The van der Waals surface area contributed by atoms with Crippen LogP contribution in [-0.4, -0.2) is 27.0 Å². The van der Waals surface area contributed by atoms with Crippen molar-refractivity contribution in [3.63, 3.8) is 0 Å². The Kier molecular flexibility index (Phi) is 3.84. The average Bonchev–Trinajstić information content (AvgIpc) is 2.88. The molecule has 6 nitrogen and oxygen atoms in total. The van der Waals surface area contributed by atoms with Gasteiger partial charge in [-0.25, -0.2) is 9.78 Å². The molecule has 2 rings (SSSR count). The van der Waals surface area contributed by atoms with Gasteiger partial charge in [0.15, 0.2) is 11.4 Å². The molecule has 1 aromatic heterocycles. The Bertz CT molecular complexity index is 629. The highest BCUT2D eigenvalue weighted by Crippen LogP contribution is 2.17. The van der Waals surface area contributed by atoms with E-state index >= 15 is 0 Å². The summed E-state index contributed by atoms with van der Waals surface area (Å²) in [6.07, 6.45) is 1.18. The summed E-state index contributed by atoms with van der Waals surface area (Å²) >= 11 is 0. The third-order valence-electron chi connectivity index (χ3n) is 2.90. The second-order valence-electron chi connectivity index (χ2n) is 4.66. The Morgan fingerprint density at radius 2 is 1.90 bits per heavy atom. The number of benzene rings is 1. The number of carboxylic acid groups (broad SMARTS) is 1. The van der Waals surface area contributed by atoms with Gasteiger partial charge in [0, 0.05) is 5.69 Å². The number of imidazole rings is 1. The molecule has 1 heterocycles. The van der Waals surface area contributed by atoms with Crippen LogP contribution in [0.1, 0.15) is 46.3 Å². The van der Waals surface area contributed by atoms with Crippen LogP contribution in [0.25, 0.3) is 0 Å². The molecular weight excluding hydrogens is 258 g/mol. The number of carbonyl (C=O) groups is 2. The predicted molar refractivity (Wildman–Crippen MR) is 74.0 cm³/mol. The summed E-state index contributed by atoms with van der Waals surface area (Å²) in [7, 11) is 0. The Balaban J connectivity index is 2.15. The largest absolute Gasteiger partial charge is 0.477 e. The zero-order chi connectivity index (χ0) is 14.7. The first-order valence-electron chi connectivity index (χ1n) is 6.17. The number of nitrogens with one attached hydrogen (secondary N) is 2. The number of aromatic amines is 1. The van der Waals surface area contributed by atoms with Crippen molar-refractivity contribution in [2.24, 2.45) is 0 Å². The van der Waals surface area contributed by atoms with E-state index in [9.17, 15) is 9.59 Å². The summed E-state index contributed by atoms with van der Waals surface area (Å²) in [5.74, 6) is -1.37. The molecule has 104 valence electrons. The summed E-state index contributed by atoms with van der Waals surface area (Å²) < 4.78 is 0. The zero-order valence-electron chi connectivity index (χ0n) is 11.2. The molecule has 2 aromatic rings. The Hall–Kier alpha value is -2.63. The first-order valence-corrected chi connectivity index (χ1v) is 6.17. The fourth-order valence-corrected chi connectivity index (χ4v) is 1.77. The molecular formula is C14H15N3O3. The van der Waals surface area contributed by atoms with Crippen LogP contribution >= 0.6 is 0 Å². The second kappa shape index (κ2) is 5.56. The van der Waals surface area contributed by atoms with E-state index < -0.39 is 11.9 Å². The number of carboxylic acids is 1. The van der Waals surface area contributed by atoms with E-state index in [1.807, 2.05) is 12.1 Å². The minimum absolute atomic E-state index is 0.134. The number of hydrogen-bond acceptors (Lipinski definition) is 3. The maximum absolute atomic E-state index is 12.0. The SMILES string of the molecule is CC(C)c1ccc(NC(=O)c2nc[nH]c2C(=O)O)cc1. The van der Waals surface area contributed by atoms with E-state index in [0.29, 0.717) is 11.6 Å². The van der Waals surface area contributed by atoms with Gasteiger partial charge in [-0.3, -0.25) is 4.79 Å². The van der Waals surface area contributed by atoms with E-state index in [1.54, 1.807) is 12.1 Å². The molecule has 20 heavy (non-hydrogen) atoms. The van der Waals surface area contributed by atoms with Crippen molar-refractivity contribution in [2.45, 2.75) is 19.8 Å². The Morgan fingerprint density at radius 3 is 2.45 bits per heavy atom. The van der Waals surface area contributed by atoms with Crippen molar-refractivity contribution in [1.29, 1.82) is 0 Å². The smallest absolute Gasteiger partial charge is 0.354 e. The van der Waals surface area contributed by atoms with Crippen LogP contribution in [0, 0.1) is 0 Å². The van der Waals surface area contributed by atoms with Crippen LogP contribution < -0.4 is 5.32 Å². The lowest BCUT2D eigenvalue weighted by Crippen LogP contribution is -2.16. The molecule has 1 aromatic carbocycles. The van der Waals surface area contributed by atoms with Crippen LogP contribution in [0.15, 0.2) is 30.6 Å². The minimum atomic E-state index is -1.22. The van der Waals surface area contributed by atoms with Gasteiger partial charge >= 0.3 is 5.97 Å². The molecule has 1 amide bonds. The third kappa shape index (κ3) is 2.85. The maximum atomic E-state index is 12.0. The highest BCUT2D eigenvalue weighted by Gasteiger charge is 2.19. The number of aromatic carboxylic acids is 1. The number of rotatable bonds is 4. The van der Waals surface area contributed by atoms with Gasteiger partial charge < -0.3 is 15.4 Å². The number of nitrogens with zero attached hydrogens (tertiary/aromatic N) is 1. The summed E-state index contributed by atoms with van der Waals surface area (Å²) in [6, 6.07) is 7.40. The summed E-state index contributed by atoms with van der Waals surface area (Å²) in [5.41, 5.74) is 1.40. The van der Waals surface area contributed by atoms with Crippen molar-refractivity contribution in [2.75, 3.05) is 5.32 Å². The van der Waals surface area contributed by atoms with Gasteiger partial charge in [0.2, 0.25) is 0 Å². The van der Waals surface area contributed by atoms with E-state index in [0.717, 1.165) is 5.56 Å². The van der Waals surface area contributed by atoms with Crippen molar-refractivity contribution >= 4 is 17.6 Å². The minimum Gasteiger partial charge on any atom is -0.477 e. The number of hydrogen-bond donors (Lipinski definition) is 3. The first-order chi connectivity index (χ1) is 9.49. The molecule has 0 fully saturated rings. The summed E-state index contributed by atoms with van der Waals surface area (Å²) in [6.45, 7) is 4.16. The summed E-state index contributed by atoms with van der Waals surface area (Å²) in [5, 5.41) is 11.5. The zero-order valence-corrected chi connectivity index (χ0v) is 11.2. The third-order valence-corrected chi connectivity index (χ3v) is 2.90. The van der Waals surface area contributed by atoms with Gasteiger partial charge in [-0.1, -0.05) is 26.0 Å². The van der Waals surface area contributed by atoms with Gasteiger partial charge in [-0.05, 0) is 23.6 Å². The number of aromatic nitrogens is 2. The van der Waals surface area contributed by atoms with Gasteiger partial charge in [-0.2, -0.15) is 0 Å². The van der Waals surface area contributed by atoms with E-state index in [1.165, 1.54) is 6.33 Å². The molecule has 0 unspecified atom stereocenters. The van der Waals surface area contributed by atoms with E-state index in [-0.39, 0.29) is 11.4 Å². The van der Waals surface area contributed by atoms with Gasteiger partial charge in [0.25, 0.3) is 5.91 Å². The number of amides is 1. The van der Waals surface area contributed by atoms with Crippen LogP contribution in [0.3, 0.4) is 0 Å². The van der Waals surface area contributed by atoms with Crippen molar-refractivity contribution in [1.82, 2.24) is 9.97 Å². The molecule has 0 atom stereocenters. The maximum Gasteiger partial charge on any atom is 0.354 e. The molecule has 0 saturated carbocycles. The van der Waals surface area contributed by atoms with Crippen molar-refractivity contribution in [3.05, 3.63) is 47.5 Å². The topological polar surface area (TPSA) is 95.1 Å². The molecule has 0 spiro atoms. The predicted octanol–water partition coefficient (Wildman–Crippen LogP) is 2.48. The second-order valence-corrected chi connectivity index (χ2v) is 4.66. The lowest BCUT2D eigenvalue weighted by Gasteiger charge is -2.07. The van der Waals surface area contributed by atoms with E-state index in [4.69, 9.17) is 5.11 Å². The molecule has 0 aliphatic rings. The van der Waals surface area contributed by atoms with Gasteiger partial charge in [-0.15, -0.1) is 0 Å². The van der Waals surface area contributed by atoms with Crippen LogP contribution in [0.2, 0.25) is 0 Å². The lowest BCUT2D eigenvalue weighted by atomic mass is 10.0. The van der Waals surface area contributed by atoms with Gasteiger partial charge in [0.1, 0.15) is 0 Å². The van der Waals surface area contributed by atoms with Crippen LogP contribution in [0.4, 0.5) is 5.69 Å². The molecule has 0 radical (unpaired) electrons. The highest BCUT2D eigenvalue weighted by molar-refractivity contribution is 6.08. The number of carbonyl (C=O) groups excluding carboxylic acids is 1. The fraction of sp³-hybridized carbons (Fsp3) is 0.214. The molecule has 0 aliphatic heterocycles. The van der Waals surface area contributed by atoms with Crippen LogP contribution in [-0.2, 0) is 0 Å².